The molecule has 0 radical (unpaired) electrons. The van der Waals surface area contributed by atoms with E-state index in [0.717, 1.165) is 0 Å². The number of alkyl halides is 2. The Kier molecular flexibility index (Phi) is 3.51. The van der Waals surface area contributed by atoms with Gasteiger partial charge in [0.15, 0.2) is 5.82 Å². The number of halogens is 3. The van der Waals surface area contributed by atoms with Gasteiger partial charge in [-0.3, -0.25) is 4.79 Å². The minimum atomic E-state index is -2.67. The molecule has 1 atom stereocenters. The van der Waals surface area contributed by atoms with Gasteiger partial charge in [0.05, 0.1) is 11.6 Å². The van der Waals surface area contributed by atoms with E-state index < -0.39 is 11.3 Å². The summed E-state index contributed by atoms with van der Waals surface area (Å²) in [6.07, 6.45) is 1.39. The van der Waals surface area contributed by atoms with Crippen LogP contribution in [0, 0.1) is 5.41 Å². The minimum absolute atomic E-state index is 0.0301. The van der Waals surface area contributed by atoms with E-state index in [0.29, 0.717) is 24.5 Å². The average Bonchev–Trinajstić information content (AvgIpc) is 2.73. The van der Waals surface area contributed by atoms with Crippen LogP contribution >= 0.6 is 11.6 Å². The van der Waals surface area contributed by atoms with Crippen LogP contribution in [0.25, 0.3) is 0 Å². The quantitative estimate of drug-likeness (QED) is 0.804. The molecule has 2 aliphatic rings. The second-order valence-electron chi connectivity index (χ2n) is 6.59. The zero-order valence-corrected chi connectivity index (χ0v) is 13.1. The van der Waals surface area contributed by atoms with Gasteiger partial charge in [-0.2, -0.15) is 4.98 Å². The molecule has 0 unspecified atom stereocenters. The predicted molar refractivity (Wildman–Crippen MR) is 79.4 cm³/mol. The maximum absolute atomic E-state index is 13.6. The van der Waals surface area contributed by atoms with Crippen molar-refractivity contribution in [3.8, 4) is 0 Å². The summed E-state index contributed by atoms with van der Waals surface area (Å²) in [6.45, 7) is 3.87. The molecule has 5 nitrogen and oxygen atoms in total. The Morgan fingerprint density at radius 3 is 2.82 bits per heavy atom. The molecule has 0 saturated heterocycles. The summed E-state index contributed by atoms with van der Waals surface area (Å²) >= 11 is 5.86. The van der Waals surface area contributed by atoms with E-state index in [-0.39, 0.29) is 30.1 Å². The van der Waals surface area contributed by atoms with Crippen LogP contribution < -0.4 is 10.2 Å². The molecular weight excluding hydrogens is 314 g/mol. The number of nitrogens with zero attached hydrogens (tertiary/aromatic N) is 3. The summed E-state index contributed by atoms with van der Waals surface area (Å²) in [5.41, 5.74) is -0.319. The first-order chi connectivity index (χ1) is 10.2. The van der Waals surface area contributed by atoms with Crippen molar-refractivity contribution in [1.82, 2.24) is 9.97 Å². The van der Waals surface area contributed by atoms with Crippen molar-refractivity contribution in [1.29, 1.82) is 0 Å². The topological polar surface area (TPSA) is 58.1 Å². The van der Waals surface area contributed by atoms with Crippen molar-refractivity contribution >= 4 is 29.0 Å². The number of carbonyl (C=O) groups is 1. The number of rotatable bonds is 1. The van der Waals surface area contributed by atoms with E-state index in [4.69, 9.17) is 11.6 Å². The molecule has 0 spiro atoms. The van der Waals surface area contributed by atoms with Gasteiger partial charge in [0.25, 0.3) is 0 Å². The number of hydrogen-bond acceptors (Lipinski definition) is 4. The van der Waals surface area contributed by atoms with Gasteiger partial charge in [-0.25, -0.2) is 13.8 Å². The van der Waals surface area contributed by atoms with Gasteiger partial charge in [0.2, 0.25) is 17.1 Å². The van der Waals surface area contributed by atoms with Crippen molar-refractivity contribution in [2.75, 3.05) is 16.8 Å². The minimum Gasteiger partial charge on any atom is -0.350 e. The highest BCUT2D eigenvalue weighted by atomic mass is 35.5. The Morgan fingerprint density at radius 1 is 1.45 bits per heavy atom. The molecule has 0 bridgehead atoms. The predicted octanol–water partition coefficient (Wildman–Crippen LogP) is 3.10. The van der Waals surface area contributed by atoms with Crippen LogP contribution in [0.1, 0.15) is 33.1 Å². The lowest BCUT2D eigenvalue weighted by atomic mass is 9.91. The molecule has 1 aromatic rings. The second kappa shape index (κ2) is 5.01. The van der Waals surface area contributed by atoms with Gasteiger partial charge in [-0.1, -0.05) is 0 Å². The highest BCUT2D eigenvalue weighted by Gasteiger charge is 2.45. The van der Waals surface area contributed by atoms with Crippen molar-refractivity contribution < 1.29 is 13.6 Å². The van der Waals surface area contributed by atoms with Crippen LogP contribution in [0.15, 0.2) is 6.20 Å². The Balaban J connectivity index is 2.03. The van der Waals surface area contributed by atoms with Crippen LogP contribution in [0.5, 0.6) is 0 Å². The third-order valence-corrected chi connectivity index (χ3v) is 4.44. The summed E-state index contributed by atoms with van der Waals surface area (Å²) in [7, 11) is 0. The Labute approximate surface area is 132 Å². The van der Waals surface area contributed by atoms with E-state index in [1.165, 1.54) is 6.20 Å². The van der Waals surface area contributed by atoms with Crippen LogP contribution in [0.4, 0.5) is 20.3 Å². The highest BCUT2D eigenvalue weighted by molar-refractivity contribution is 6.28. The lowest BCUT2D eigenvalue weighted by Gasteiger charge is -2.33. The zero-order chi connectivity index (χ0) is 16.1. The summed E-state index contributed by atoms with van der Waals surface area (Å²) in [6, 6.07) is -0.369. The summed E-state index contributed by atoms with van der Waals surface area (Å²) in [4.78, 5) is 22.1. The largest absolute Gasteiger partial charge is 0.350 e. The molecule has 1 N–H and O–H groups in total. The fraction of sp³-hybridized carbons (Fsp3) is 0.643. The molecule has 120 valence electrons. The van der Waals surface area contributed by atoms with Gasteiger partial charge >= 0.3 is 0 Å². The second-order valence-corrected chi connectivity index (χ2v) is 6.93. The number of hydrogen-bond donors (Lipinski definition) is 1. The smallest absolute Gasteiger partial charge is 0.250 e. The number of amides is 1. The van der Waals surface area contributed by atoms with Gasteiger partial charge in [-0.15, -0.1) is 0 Å². The number of fused-ring (bicyclic) bond motifs is 1. The molecule has 1 aromatic heterocycles. The van der Waals surface area contributed by atoms with E-state index in [2.05, 4.69) is 15.3 Å². The van der Waals surface area contributed by atoms with Crippen LogP contribution in [-0.2, 0) is 4.79 Å². The highest BCUT2D eigenvalue weighted by Crippen LogP contribution is 2.42. The van der Waals surface area contributed by atoms with Crippen molar-refractivity contribution in [2.45, 2.75) is 45.1 Å². The van der Waals surface area contributed by atoms with Gasteiger partial charge in [0.1, 0.15) is 5.69 Å². The Bertz CT molecular complexity index is 623. The fourth-order valence-corrected chi connectivity index (χ4v) is 3.15. The molecule has 2 heterocycles. The Morgan fingerprint density at radius 2 is 2.18 bits per heavy atom. The van der Waals surface area contributed by atoms with E-state index in [9.17, 15) is 13.6 Å². The number of anilines is 2. The van der Waals surface area contributed by atoms with E-state index in [1.54, 1.807) is 18.7 Å². The molecule has 0 aromatic carbocycles. The van der Waals surface area contributed by atoms with Crippen LogP contribution in [-0.4, -0.2) is 34.4 Å². The zero-order valence-electron chi connectivity index (χ0n) is 12.4. The fourth-order valence-electron chi connectivity index (χ4n) is 3.02. The first kappa shape index (κ1) is 15.4. The summed E-state index contributed by atoms with van der Waals surface area (Å²) < 4.78 is 27.2. The summed E-state index contributed by atoms with van der Waals surface area (Å²) in [5, 5.41) is 2.79. The van der Waals surface area contributed by atoms with Crippen molar-refractivity contribution in [2.24, 2.45) is 5.41 Å². The lowest BCUT2D eigenvalue weighted by Crippen LogP contribution is -2.44. The molecule has 1 aliphatic heterocycles. The number of nitrogens with one attached hydrogen (secondary N) is 1. The number of carbonyl (C=O) groups excluding carboxylic acids is 1. The van der Waals surface area contributed by atoms with Crippen molar-refractivity contribution in [3.05, 3.63) is 11.5 Å². The third-order valence-electron chi connectivity index (χ3n) is 4.26. The number of aromatic nitrogens is 2. The van der Waals surface area contributed by atoms with Gasteiger partial charge in [0, 0.05) is 25.4 Å². The molecular formula is C14H17ClF2N4O. The molecule has 1 fully saturated rings. The van der Waals surface area contributed by atoms with E-state index >= 15 is 0 Å². The monoisotopic (exact) mass is 330 g/mol. The standard InChI is InChI=1S/C14H17ClF2N4O/c1-13(2)7-21(8-3-4-14(16,17)5-8)10-9(19-11(13)22)6-18-12(15)20-10/h6,8H,3-5,7H2,1-2H3,(H,19,22)/t8-/m1/s1. The normalized spacial score (nSPS) is 26.3. The maximum atomic E-state index is 13.6. The third kappa shape index (κ3) is 2.74. The lowest BCUT2D eigenvalue weighted by molar-refractivity contribution is -0.123. The molecule has 1 aliphatic carbocycles. The average molecular weight is 331 g/mol. The first-order valence-corrected chi connectivity index (χ1v) is 7.54. The van der Waals surface area contributed by atoms with E-state index in [1.807, 2.05) is 0 Å². The molecule has 1 saturated carbocycles. The maximum Gasteiger partial charge on any atom is 0.250 e. The van der Waals surface area contributed by atoms with Crippen molar-refractivity contribution in [3.63, 3.8) is 0 Å². The Hall–Kier alpha value is -1.50. The van der Waals surface area contributed by atoms with Crippen LogP contribution in [0.2, 0.25) is 5.28 Å². The summed E-state index contributed by atoms with van der Waals surface area (Å²) in [5.74, 6) is -2.44. The van der Waals surface area contributed by atoms with Gasteiger partial charge in [-0.05, 0) is 31.9 Å². The molecule has 22 heavy (non-hydrogen) atoms. The van der Waals surface area contributed by atoms with Crippen LogP contribution in [0.3, 0.4) is 0 Å². The van der Waals surface area contributed by atoms with Gasteiger partial charge < -0.3 is 10.2 Å². The first-order valence-electron chi connectivity index (χ1n) is 7.16. The molecule has 1 amide bonds. The molecule has 3 rings (SSSR count). The SMILES string of the molecule is CC1(C)CN([C@@H]2CCC(F)(F)C2)c2nc(Cl)ncc2NC1=O. The molecule has 8 heteroatoms.